The topological polar surface area (TPSA) is 24.7 Å². The fraction of sp³-hybridized carbons (Fsp3) is 0.636. The zero-order valence-corrected chi connectivity index (χ0v) is 16.3. The predicted octanol–water partition coefficient (Wildman–Crippen LogP) is 6.14. The number of nitrogens with zero attached hydrogens (tertiary/aromatic N) is 2. The van der Waals surface area contributed by atoms with Crippen LogP contribution in [0.4, 0.5) is 0 Å². The molecule has 0 N–H and O–H groups in total. The molecule has 4 atom stereocenters. The van der Waals surface area contributed by atoms with E-state index in [0.717, 1.165) is 18.3 Å². The minimum Gasteiger partial charge on any atom is -0.160 e. The molecule has 3 rings (SSSR count). The van der Waals surface area contributed by atoms with Crippen LogP contribution in [0.5, 0.6) is 0 Å². The van der Waals surface area contributed by atoms with Crippen molar-refractivity contribution in [3.63, 3.8) is 0 Å². The molecule has 1 fully saturated rings. The van der Waals surface area contributed by atoms with Gasteiger partial charge in [0.15, 0.2) is 0 Å². The molecule has 24 heavy (non-hydrogen) atoms. The summed E-state index contributed by atoms with van der Waals surface area (Å²) in [6.07, 6.45) is 4.93. The van der Waals surface area contributed by atoms with Crippen molar-refractivity contribution in [2.75, 3.05) is 0 Å². The first-order chi connectivity index (χ1) is 11.7. The molecule has 132 valence electrons. The van der Waals surface area contributed by atoms with Crippen molar-refractivity contribution in [3.8, 4) is 0 Å². The highest BCUT2D eigenvalue weighted by Gasteiger charge is 2.47. The summed E-state index contributed by atoms with van der Waals surface area (Å²) in [5, 5.41) is 9.19. The monoisotopic (exact) mass is 326 g/mol. The fourth-order valence-corrected chi connectivity index (χ4v) is 4.53. The third-order valence-corrected chi connectivity index (χ3v) is 5.83. The summed E-state index contributed by atoms with van der Waals surface area (Å²) in [6.45, 7) is 13.0. The van der Waals surface area contributed by atoms with Gasteiger partial charge in [0.05, 0.1) is 5.71 Å². The average Bonchev–Trinajstić information content (AvgIpc) is 3.04. The smallest absolute Gasteiger partial charge is 0.0742 e. The van der Waals surface area contributed by atoms with Crippen molar-refractivity contribution in [2.45, 2.75) is 67.2 Å². The first-order valence-corrected chi connectivity index (χ1v) is 9.90. The lowest BCUT2D eigenvalue weighted by atomic mass is 9.77. The van der Waals surface area contributed by atoms with Crippen molar-refractivity contribution in [1.82, 2.24) is 0 Å². The highest BCUT2D eigenvalue weighted by molar-refractivity contribution is 6.07. The summed E-state index contributed by atoms with van der Waals surface area (Å²) in [6, 6.07) is 8.98. The SMILES string of the molecule is CC.CCc1ccc(C2=NN=C(C)C3C(CC)CC(CC)C23)cc1. The lowest BCUT2D eigenvalue weighted by Crippen LogP contribution is -2.34. The molecule has 4 unspecified atom stereocenters. The number of hydrogen-bond acceptors (Lipinski definition) is 2. The summed E-state index contributed by atoms with van der Waals surface area (Å²) in [5.41, 5.74) is 5.16. The van der Waals surface area contributed by atoms with Crippen molar-refractivity contribution in [2.24, 2.45) is 33.9 Å². The molecule has 2 heteroatoms. The molecule has 1 aromatic rings. The van der Waals surface area contributed by atoms with Gasteiger partial charge in [-0.3, -0.25) is 0 Å². The van der Waals surface area contributed by atoms with Crippen LogP contribution in [0.25, 0.3) is 0 Å². The maximum atomic E-state index is 4.65. The van der Waals surface area contributed by atoms with E-state index in [9.17, 15) is 0 Å². The lowest BCUT2D eigenvalue weighted by molar-refractivity contribution is 0.431. The lowest BCUT2D eigenvalue weighted by Gasteiger charge is -2.30. The van der Waals surface area contributed by atoms with Crippen LogP contribution in [0.3, 0.4) is 0 Å². The van der Waals surface area contributed by atoms with E-state index in [4.69, 9.17) is 0 Å². The maximum Gasteiger partial charge on any atom is 0.0742 e. The van der Waals surface area contributed by atoms with Crippen molar-refractivity contribution >= 4 is 11.4 Å². The molecule has 1 aliphatic carbocycles. The summed E-state index contributed by atoms with van der Waals surface area (Å²) < 4.78 is 0. The Hall–Kier alpha value is -1.44. The van der Waals surface area contributed by atoms with Gasteiger partial charge in [0.25, 0.3) is 0 Å². The zero-order chi connectivity index (χ0) is 17.7. The van der Waals surface area contributed by atoms with E-state index in [1.807, 2.05) is 13.8 Å². The van der Waals surface area contributed by atoms with Crippen LogP contribution in [0.1, 0.15) is 71.9 Å². The van der Waals surface area contributed by atoms with Gasteiger partial charge < -0.3 is 0 Å². The molecular formula is C22H34N2. The molecule has 0 aromatic heterocycles. The Morgan fingerprint density at radius 2 is 1.46 bits per heavy atom. The Morgan fingerprint density at radius 3 is 2.00 bits per heavy atom. The van der Waals surface area contributed by atoms with Crippen LogP contribution in [0.15, 0.2) is 34.5 Å². The Balaban J connectivity index is 0.00000100. The number of fused-ring (bicyclic) bond motifs is 1. The van der Waals surface area contributed by atoms with E-state index in [1.165, 1.54) is 41.8 Å². The van der Waals surface area contributed by atoms with E-state index in [-0.39, 0.29) is 0 Å². The van der Waals surface area contributed by atoms with Crippen LogP contribution in [-0.4, -0.2) is 11.4 Å². The van der Waals surface area contributed by atoms with Crippen LogP contribution in [-0.2, 0) is 6.42 Å². The van der Waals surface area contributed by atoms with Gasteiger partial charge in [-0.05, 0) is 42.7 Å². The molecule has 2 aliphatic rings. The van der Waals surface area contributed by atoms with Crippen LogP contribution in [0.2, 0.25) is 0 Å². The quantitative estimate of drug-likeness (QED) is 0.634. The molecule has 1 aromatic carbocycles. The summed E-state index contributed by atoms with van der Waals surface area (Å²) in [5.74, 6) is 2.71. The molecular weight excluding hydrogens is 292 g/mol. The summed E-state index contributed by atoms with van der Waals surface area (Å²) >= 11 is 0. The third-order valence-electron chi connectivity index (χ3n) is 5.83. The highest BCUT2D eigenvalue weighted by Crippen LogP contribution is 2.48. The van der Waals surface area contributed by atoms with Gasteiger partial charge >= 0.3 is 0 Å². The molecule has 0 spiro atoms. The van der Waals surface area contributed by atoms with Gasteiger partial charge in [-0.25, -0.2) is 0 Å². The van der Waals surface area contributed by atoms with Gasteiger partial charge in [-0.15, -0.1) is 0 Å². The second-order valence-electron chi connectivity index (χ2n) is 6.90. The van der Waals surface area contributed by atoms with E-state index in [1.54, 1.807) is 0 Å². The minimum atomic E-state index is 0.569. The number of hydrogen-bond donors (Lipinski definition) is 0. The first kappa shape index (κ1) is 18.9. The Labute approximate surface area is 148 Å². The summed E-state index contributed by atoms with van der Waals surface area (Å²) in [7, 11) is 0. The molecule has 2 nitrogen and oxygen atoms in total. The van der Waals surface area contributed by atoms with Crippen LogP contribution in [0, 0.1) is 23.7 Å². The van der Waals surface area contributed by atoms with Gasteiger partial charge in [0.1, 0.15) is 0 Å². The van der Waals surface area contributed by atoms with E-state index in [2.05, 4.69) is 62.2 Å². The Morgan fingerprint density at radius 1 is 0.875 bits per heavy atom. The highest BCUT2D eigenvalue weighted by atomic mass is 15.2. The standard InChI is InChI=1S/C20H28N2.C2H6/c1-5-14-8-10-17(11-9-14)20-19-16(7-3)12-15(6-2)18(19)13(4)21-22-20;1-2/h8-11,15-16,18-19H,5-7,12H2,1-4H3;1-2H3. The van der Waals surface area contributed by atoms with Crippen molar-refractivity contribution in [1.29, 1.82) is 0 Å². The van der Waals surface area contributed by atoms with Gasteiger partial charge in [-0.1, -0.05) is 71.7 Å². The van der Waals surface area contributed by atoms with Crippen molar-refractivity contribution in [3.05, 3.63) is 35.4 Å². The zero-order valence-electron chi connectivity index (χ0n) is 16.3. The Bertz CT molecular complexity index is 582. The number of rotatable bonds is 4. The molecule has 0 radical (unpaired) electrons. The van der Waals surface area contributed by atoms with Gasteiger partial charge in [-0.2, -0.15) is 10.2 Å². The van der Waals surface area contributed by atoms with Crippen LogP contribution < -0.4 is 0 Å². The van der Waals surface area contributed by atoms with E-state index >= 15 is 0 Å². The Kier molecular flexibility index (Phi) is 6.77. The van der Waals surface area contributed by atoms with E-state index in [0.29, 0.717) is 11.8 Å². The van der Waals surface area contributed by atoms with E-state index < -0.39 is 0 Å². The van der Waals surface area contributed by atoms with Crippen molar-refractivity contribution < 1.29 is 0 Å². The number of benzene rings is 1. The second-order valence-corrected chi connectivity index (χ2v) is 6.90. The normalized spacial score (nSPS) is 28.4. The molecule has 0 saturated heterocycles. The first-order valence-electron chi connectivity index (χ1n) is 9.90. The second kappa shape index (κ2) is 8.60. The molecule has 1 saturated carbocycles. The molecule has 1 heterocycles. The third kappa shape index (κ3) is 3.48. The fourth-order valence-electron chi connectivity index (χ4n) is 4.53. The van der Waals surface area contributed by atoms with Gasteiger partial charge in [0, 0.05) is 17.5 Å². The summed E-state index contributed by atoms with van der Waals surface area (Å²) in [4.78, 5) is 0. The van der Waals surface area contributed by atoms with Crippen LogP contribution >= 0.6 is 0 Å². The maximum absolute atomic E-state index is 4.65. The molecule has 1 aliphatic heterocycles. The predicted molar refractivity (Wildman–Crippen MR) is 106 cm³/mol. The average molecular weight is 327 g/mol. The minimum absolute atomic E-state index is 0.569. The van der Waals surface area contributed by atoms with Gasteiger partial charge in [0.2, 0.25) is 0 Å². The molecule has 0 bridgehead atoms. The molecule has 0 amide bonds. The number of aryl methyl sites for hydroxylation is 1. The largest absolute Gasteiger partial charge is 0.160 e.